The van der Waals surface area contributed by atoms with E-state index in [1.54, 1.807) is 24.5 Å². The first kappa shape index (κ1) is 10.6. The van der Waals surface area contributed by atoms with E-state index >= 15 is 0 Å². The summed E-state index contributed by atoms with van der Waals surface area (Å²) in [5.41, 5.74) is 0.711. The predicted octanol–water partition coefficient (Wildman–Crippen LogP) is 3.77. The van der Waals surface area contributed by atoms with Crippen molar-refractivity contribution in [1.29, 1.82) is 0 Å². The maximum absolute atomic E-state index is 9.91. The van der Waals surface area contributed by atoms with Crippen LogP contribution in [0.5, 0.6) is 0 Å². The molecular formula is C9H4Cl3O. The second-order valence-corrected chi connectivity index (χ2v) is 3.44. The van der Waals surface area contributed by atoms with E-state index in [-0.39, 0.29) is 0 Å². The van der Waals surface area contributed by atoms with Crippen molar-refractivity contribution in [2.75, 3.05) is 0 Å². The SMILES string of the molecule is O=[C]C=Cc1cc(Cl)c(Cl)c(Cl)c1. The van der Waals surface area contributed by atoms with Crippen molar-refractivity contribution < 1.29 is 4.79 Å². The van der Waals surface area contributed by atoms with Crippen molar-refractivity contribution in [3.8, 4) is 0 Å². The number of rotatable bonds is 2. The Morgan fingerprint density at radius 2 is 1.69 bits per heavy atom. The molecule has 1 nitrogen and oxygen atoms in total. The van der Waals surface area contributed by atoms with Crippen LogP contribution in [0, 0.1) is 0 Å². The van der Waals surface area contributed by atoms with Crippen LogP contribution in [0.4, 0.5) is 0 Å². The summed E-state index contributed by atoms with van der Waals surface area (Å²) in [7, 11) is 0. The number of halogens is 3. The van der Waals surface area contributed by atoms with Gasteiger partial charge in [0.15, 0.2) is 0 Å². The number of hydrogen-bond donors (Lipinski definition) is 0. The number of carbonyl (C=O) groups excluding carboxylic acids is 1. The Labute approximate surface area is 90.9 Å². The second kappa shape index (κ2) is 4.66. The molecule has 0 amide bonds. The molecule has 0 aliphatic carbocycles. The third-order valence-corrected chi connectivity index (χ3v) is 2.55. The molecule has 0 saturated heterocycles. The zero-order valence-corrected chi connectivity index (χ0v) is 8.62. The van der Waals surface area contributed by atoms with E-state index < -0.39 is 0 Å². The molecule has 4 heteroatoms. The average molecular weight is 234 g/mol. The van der Waals surface area contributed by atoms with Gasteiger partial charge in [0.1, 0.15) is 0 Å². The lowest BCUT2D eigenvalue weighted by Gasteiger charge is -2.00. The zero-order chi connectivity index (χ0) is 9.84. The molecule has 0 heterocycles. The van der Waals surface area contributed by atoms with Crippen LogP contribution in [0.2, 0.25) is 15.1 Å². The van der Waals surface area contributed by atoms with E-state index in [2.05, 4.69) is 0 Å². The topological polar surface area (TPSA) is 17.1 Å². The van der Waals surface area contributed by atoms with E-state index in [9.17, 15) is 4.79 Å². The second-order valence-electron chi connectivity index (χ2n) is 2.25. The fraction of sp³-hybridized carbons (Fsp3) is 0. The first-order valence-corrected chi connectivity index (χ1v) is 4.47. The normalized spacial score (nSPS) is 10.7. The molecule has 1 radical (unpaired) electrons. The summed E-state index contributed by atoms with van der Waals surface area (Å²) in [5.74, 6) is 0. The summed E-state index contributed by atoms with van der Waals surface area (Å²) in [6.07, 6.45) is 4.39. The summed E-state index contributed by atoms with van der Waals surface area (Å²) in [5, 5.41) is 1.04. The van der Waals surface area contributed by atoms with Gasteiger partial charge in [-0.25, -0.2) is 0 Å². The Hall–Kier alpha value is -0.500. The Balaban J connectivity index is 3.12. The molecule has 0 aliphatic rings. The summed E-state index contributed by atoms with van der Waals surface area (Å²) in [6.45, 7) is 0. The summed E-state index contributed by atoms with van der Waals surface area (Å²) in [6, 6.07) is 3.23. The maximum atomic E-state index is 9.91. The maximum Gasteiger partial charge on any atom is 0.225 e. The Morgan fingerprint density at radius 3 is 2.15 bits per heavy atom. The quantitative estimate of drug-likeness (QED) is 0.562. The van der Waals surface area contributed by atoms with Crippen LogP contribution in [-0.2, 0) is 4.79 Å². The van der Waals surface area contributed by atoms with Gasteiger partial charge in [-0.15, -0.1) is 0 Å². The van der Waals surface area contributed by atoms with Crippen molar-refractivity contribution in [2.24, 2.45) is 0 Å². The van der Waals surface area contributed by atoms with E-state index in [1.165, 1.54) is 6.08 Å². The molecule has 0 bridgehead atoms. The van der Waals surface area contributed by atoms with E-state index in [1.807, 2.05) is 0 Å². The molecule has 0 unspecified atom stereocenters. The molecule has 0 aliphatic heterocycles. The Bertz CT molecular complexity index is 335. The summed E-state index contributed by atoms with van der Waals surface area (Å²) in [4.78, 5) is 9.91. The molecule has 1 aromatic carbocycles. The van der Waals surface area contributed by atoms with E-state index in [4.69, 9.17) is 34.8 Å². The zero-order valence-electron chi connectivity index (χ0n) is 6.35. The number of hydrogen-bond acceptors (Lipinski definition) is 1. The largest absolute Gasteiger partial charge is 0.286 e. The van der Waals surface area contributed by atoms with Gasteiger partial charge in [-0.05, 0) is 23.8 Å². The molecule has 0 saturated carbocycles. The van der Waals surface area contributed by atoms with Crippen LogP contribution in [0.25, 0.3) is 6.08 Å². The van der Waals surface area contributed by atoms with Gasteiger partial charge in [-0.2, -0.15) is 0 Å². The highest BCUT2D eigenvalue weighted by molar-refractivity contribution is 6.48. The standard InChI is InChI=1S/C9H4Cl3O/c10-7-4-6(2-1-3-13)5-8(11)9(7)12/h1-2,4-5H. The van der Waals surface area contributed by atoms with Crippen LogP contribution in [0.15, 0.2) is 18.2 Å². The van der Waals surface area contributed by atoms with Gasteiger partial charge in [-0.3, -0.25) is 4.79 Å². The third kappa shape index (κ3) is 2.73. The molecule has 0 spiro atoms. The molecule has 13 heavy (non-hydrogen) atoms. The van der Waals surface area contributed by atoms with Crippen LogP contribution in [0.3, 0.4) is 0 Å². The smallest absolute Gasteiger partial charge is 0.225 e. The van der Waals surface area contributed by atoms with Crippen molar-refractivity contribution in [2.45, 2.75) is 0 Å². The van der Waals surface area contributed by atoms with Crippen molar-refractivity contribution in [3.05, 3.63) is 38.8 Å². The van der Waals surface area contributed by atoms with Crippen molar-refractivity contribution in [3.63, 3.8) is 0 Å². The third-order valence-electron chi connectivity index (χ3n) is 1.35. The highest BCUT2D eigenvalue weighted by atomic mass is 35.5. The van der Waals surface area contributed by atoms with Gasteiger partial charge < -0.3 is 0 Å². The molecule has 1 aromatic rings. The lowest BCUT2D eigenvalue weighted by molar-refractivity contribution is 0.564. The molecular weight excluding hydrogens is 230 g/mol. The molecule has 0 fully saturated rings. The van der Waals surface area contributed by atoms with Gasteiger partial charge in [0.25, 0.3) is 0 Å². The molecule has 0 N–H and O–H groups in total. The van der Waals surface area contributed by atoms with Crippen LogP contribution in [0.1, 0.15) is 5.56 Å². The summed E-state index contributed by atoms with van der Waals surface area (Å²) < 4.78 is 0. The van der Waals surface area contributed by atoms with Crippen LogP contribution in [-0.4, -0.2) is 6.29 Å². The van der Waals surface area contributed by atoms with Crippen molar-refractivity contribution in [1.82, 2.24) is 0 Å². The Morgan fingerprint density at radius 1 is 1.15 bits per heavy atom. The number of benzene rings is 1. The predicted molar refractivity (Wildman–Crippen MR) is 56.2 cm³/mol. The summed E-state index contributed by atoms with van der Waals surface area (Å²) >= 11 is 17.2. The van der Waals surface area contributed by atoms with Gasteiger partial charge in [0.2, 0.25) is 6.29 Å². The van der Waals surface area contributed by atoms with Gasteiger partial charge in [0.05, 0.1) is 15.1 Å². The minimum absolute atomic E-state index is 0.315. The monoisotopic (exact) mass is 233 g/mol. The van der Waals surface area contributed by atoms with Gasteiger partial charge in [0, 0.05) is 0 Å². The highest BCUT2D eigenvalue weighted by Crippen LogP contribution is 2.31. The first-order chi connectivity index (χ1) is 6.15. The molecule has 1 rings (SSSR count). The molecule has 0 aromatic heterocycles. The van der Waals surface area contributed by atoms with Gasteiger partial charge >= 0.3 is 0 Å². The van der Waals surface area contributed by atoms with Crippen LogP contribution < -0.4 is 0 Å². The van der Waals surface area contributed by atoms with E-state index in [0.29, 0.717) is 20.6 Å². The number of allylic oxidation sites excluding steroid dienone is 1. The fourth-order valence-corrected chi connectivity index (χ4v) is 1.41. The first-order valence-electron chi connectivity index (χ1n) is 3.34. The van der Waals surface area contributed by atoms with Gasteiger partial charge in [-0.1, -0.05) is 40.9 Å². The minimum Gasteiger partial charge on any atom is -0.286 e. The fourth-order valence-electron chi connectivity index (χ4n) is 0.802. The minimum atomic E-state index is 0.315. The molecule has 0 atom stereocenters. The highest BCUT2D eigenvalue weighted by Gasteiger charge is 2.03. The Kier molecular flexibility index (Phi) is 3.79. The average Bonchev–Trinajstić information content (AvgIpc) is 2.10. The van der Waals surface area contributed by atoms with Crippen LogP contribution >= 0.6 is 34.8 Å². The van der Waals surface area contributed by atoms with Crippen molar-refractivity contribution >= 4 is 47.2 Å². The molecule has 67 valence electrons. The van der Waals surface area contributed by atoms with E-state index in [0.717, 1.165) is 0 Å². The lowest BCUT2D eigenvalue weighted by atomic mass is 10.2. The lowest BCUT2D eigenvalue weighted by Crippen LogP contribution is -1.76.